The number of aromatic nitrogens is 2. The lowest BCUT2D eigenvalue weighted by atomic mass is 10.3. The Labute approximate surface area is 115 Å². The number of halogens is 3. The molecular weight excluding hydrogens is 324 g/mol. The quantitative estimate of drug-likeness (QED) is 0.875. The van der Waals surface area contributed by atoms with Gasteiger partial charge in [-0.1, -0.05) is 15.9 Å². The van der Waals surface area contributed by atoms with Gasteiger partial charge in [0.1, 0.15) is 6.33 Å². The Morgan fingerprint density at radius 2 is 2.00 bits per heavy atom. The zero-order chi connectivity index (χ0) is 14.0. The van der Waals surface area contributed by atoms with Crippen molar-refractivity contribution in [2.75, 3.05) is 12.8 Å². The van der Waals surface area contributed by atoms with Gasteiger partial charge in [-0.3, -0.25) is 0 Å². The highest BCUT2D eigenvalue weighted by molar-refractivity contribution is 9.10. The minimum absolute atomic E-state index is 0.0309. The van der Waals surface area contributed by atoms with Crippen LogP contribution in [0.25, 0.3) is 0 Å². The summed E-state index contributed by atoms with van der Waals surface area (Å²) in [5.74, 6) is -2.56. The van der Waals surface area contributed by atoms with Crippen molar-refractivity contribution >= 4 is 21.7 Å². The number of nitrogen functional groups attached to an aromatic ring is 1. The van der Waals surface area contributed by atoms with Crippen LogP contribution < -0.4 is 15.2 Å². The van der Waals surface area contributed by atoms with Gasteiger partial charge < -0.3 is 15.2 Å². The van der Waals surface area contributed by atoms with Crippen molar-refractivity contribution in [2.45, 2.75) is 0 Å². The maximum absolute atomic E-state index is 13.6. The van der Waals surface area contributed by atoms with Crippen LogP contribution in [0.2, 0.25) is 0 Å². The highest BCUT2D eigenvalue weighted by atomic mass is 79.9. The molecule has 0 aliphatic carbocycles. The number of nitrogens with zero attached hydrogens (tertiary/aromatic N) is 2. The molecule has 0 fully saturated rings. The summed E-state index contributed by atoms with van der Waals surface area (Å²) in [6.45, 7) is 0. The predicted molar refractivity (Wildman–Crippen MR) is 67.1 cm³/mol. The van der Waals surface area contributed by atoms with E-state index in [-0.39, 0.29) is 23.2 Å². The molecule has 8 heteroatoms. The Morgan fingerprint density at radius 1 is 1.26 bits per heavy atom. The molecule has 1 heterocycles. The van der Waals surface area contributed by atoms with Gasteiger partial charge in [0, 0.05) is 4.47 Å². The van der Waals surface area contributed by atoms with Gasteiger partial charge in [0.2, 0.25) is 11.6 Å². The molecule has 0 aliphatic heterocycles. The third kappa shape index (κ3) is 2.73. The number of methoxy groups -OCH3 is 1. The zero-order valence-corrected chi connectivity index (χ0v) is 11.2. The molecule has 0 unspecified atom stereocenters. The molecule has 0 aliphatic rings. The molecule has 0 saturated carbocycles. The van der Waals surface area contributed by atoms with Crippen LogP contribution in [-0.2, 0) is 0 Å². The molecule has 2 N–H and O–H groups in total. The Morgan fingerprint density at radius 3 is 2.68 bits per heavy atom. The molecular formula is C11H8BrF2N3O2. The first-order valence-electron chi connectivity index (χ1n) is 4.99. The molecule has 1 aromatic carbocycles. The highest BCUT2D eigenvalue weighted by Gasteiger charge is 2.17. The van der Waals surface area contributed by atoms with Gasteiger partial charge in [-0.15, -0.1) is 0 Å². The molecule has 5 nitrogen and oxygen atoms in total. The van der Waals surface area contributed by atoms with Crippen LogP contribution in [-0.4, -0.2) is 17.1 Å². The van der Waals surface area contributed by atoms with Gasteiger partial charge in [-0.05, 0) is 12.1 Å². The first-order chi connectivity index (χ1) is 9.02. The van der Waals surface area contributed by atoms with Gasteiger partial charge in [0.15, 0.2) is 17.4 Å². The fraction of sp³-hybridized carbons (Fsp3) is 0.0909. The molecule has 100 valence electrons. The average Bonchev–Trinajstić information content (AvgIpc) is 2.35. The van der Waals surface area contributed by atoms with E-state index in [1.54, 1.807) is 0 Å². The first kappa shape index (κ1) is 13.5. The summed E-state index contributed by atoms with van der Waals surface area (Å²) >= 11 is 3.04. The van der Waals surface area contributed by atoms with Crippen LogP contribution in [0.3, 0.4) is 0 Å². The SMILES string of the molecule is COc1c(N)ncnc1Oc1cc(Br)cc(F)c1F. The third-order valence-electron chi connectivity index (χ3n) is 2.17. The van der Waals surface area contributed by atoms with Gasteiger partial charge >= 0.3 is 0 Å². The fourth-order valence-electron chi connectivity index (χ4n) is 1.35. The van der Waals surface area contributed by atoms with Crippen LogP contribution >= 0.6 is 15.9 Å². The van der Waals surface area contributed by atoms with Crippen LogP contribution in [0.5, 0.6) is 17.4 Å². The summed E-state index contributed by atoms with van der Waals surface area (Å²) in [7, 11) is 1.33. The molecule has 1 aromatic heterocycles. The summed E-state index contributed by atoms with van der Waals surface area (Å²) in [4.78, 5) is 7.46. The Balaban J connectivity index is 2.45. The number of rotatable bonds is 3. The van der Waals surface area contributed by atoms with E-state index >= 15 is 0 Å². The molecule has 2 aromatic rings. The second kappa shape index (κ2) is 5.35. The van der Waals surface area contributed by atoms with E-state index in [1.165, 1.54) is 13.2 Å². The minimum Gasteiger partial charge on any atom is -0.489 e. The molecule has 0 atom stereocenters. The number of hydrogen-bond donors (Lipinski definition) is 1. The molecule has 19 heavy (non-hydrogen) atoms. The van der Waals surface area contributed by atoms with Gasteiger partial charge in [-0.25, -0.2) is 9.37 Å². The molecule has 0 bridgehead atoms. The standard InChI is InChI=1S/C11H8BrF2N3O2/c1-18-9-10(15)16-4-17-11(9)19-7-3-5(12)2-6(13)8(7)14/h2-4H,1H3,(H2,15,16,17). The van der Waals surface area contributed by atoms with Crippen LogP contribution in [0.15, 0.2) is 22.9 Å². The number of nitrogens with two attached hydrogens (primary N) is 1. The average molecular weight is 332 g/mol. The van der Waals surface area contributed by atoms with Crippen molar-refractivity contribution in [1.29, 1.82) is 0 Å². The molecule has 2 rings (SSSR count). The van der Waals surface area contributed by atoms with Gasteiger partial charge in [0.05, 0.1) is 7.11 Å². The van der Waals surface area contributed by atoms with E-state index < -0.39 is 11.6 Å². The lowest BCUT2D eigenvalue weighted by Gasteiger charge is -2.11. The highest BCUT2D eigenvalue weighted by Crippen LogP contribution is 2.35. The monoisotopic (exact) mass is 331 g/mol. The lowest BCUT2D eigenvalue weighted by Crippen LogP contribution is -2.01. The van der Waals surface area contributed by atoms with Crippen molar-refractivity contribution in [3.05, 3.63) is 34.6 Å². The first-order valence-corrected chi connectivity index (χ1v) is 5.79. The normalized spacial score (nSPS) is 10.3. The summed E-state index contributed by atoms with van der Waals surface area (Å²) in [5, 5.41) is 0. The van der Waals surface area contributed by atoms with Crippen LogP contribution in [0.1, 0.15) is 0 Å². The number of hydrogen-bond acceptors (Lipinski definition) is 5. The topological polar surface area (TPSA) is 70.3 Å². The van der Waals surface area contributed by atoms with E-state index in [0.717, 1.165) is 12.4 Å². The summed E-state index contributed by atoms with van der Waals surface area (Å²) in [6, 6.07) is 2.24. The Bertz CT molecular complexity index is 625. The zero-order valence-electron chi connectivity index (χ0n) is 9.65. The van der Waals surface area contributed by atoms with E-state index in [2.05, 4.69) is 25.9 Å². The largest absolute Gasteiger partial charge is 0.489 e. The Kier molecular flexibility index (Phi) is 3.79. The smallest absolute Gasteiger partial charge is 0.268 e. The van der Waals surface area contributed by atoms with E-state index in [1.807, 2.05) is 0 Å². The summed E-state index contributed by atoms with van der Waals surface area (Å²) in [5.41, 5.74) is 5.55. The maximum Gasteiger partial charge on any atom is 0.268 e. The van der Waals surface area contributed by atoms with Gasteiger partial charge in [-0.2, -0.15) is 9.37 Å². The second-order valence-corrected chi connectivity index (χ2v) is 4.31. The van der Waals surface area contributed by atoms with Gasteiger partial charge in [0.25, 0.3) is 5.88 Å². The molecule has 0 amide bonds. The Hall–Kier alpha value is -1.96. The lowest BCUT2D eigenvalue weighted by molar-refractivity contribution is 0.355. The van der Waals surface area contributed by atoms with Crippen molar-refractivity contribution in [2.24, 2.45) is 0 Å². The van der Waals surface area contributed by atoms with Crippen molar-refractivity contribution in [3.8, 4) is 17.4 Å². The molecule has 0 spiro atoms. The number of ether oxygens (including phenoxy) is 2. The minimum atomic E-state index is -1.14. The van der Waals surface area contributed by atoms with E-state index in [4.69, 9.17) is 15.2 Å². The third-order valence-corrected chi connectivity index (χ3v) is 2.63. The molecule has 0 radical (unpaired) electrons. The van der Waals surface area contributed by atoms with Crippen molar-refractivity contribution in [1.82, 2.24) is 9.97 Å². The van der Waals surface area contributed by atoms with Crippen LogP contribution in [0, 0.1) is 11.6 Å². The number of anilines is 1. The summed E-state index contributed by atoms with van der Waals surface area (Å²) < 4.78 is 37.2. The van der Waals surface area contributed by atoms with E-state index in [0.29, 0.717) is 4.47 Å². The van der Waals surface area contributed by atoms with Crippen LogP contribution in [0.4, 0.5) is 14.6 Å². The second-order valence-electron chi connectivity index (χ2n) is 3.40. The van der Waals surface area contributed by atoms with Crippen molar-refractivity contribution in [3.63, 3.8) is 0 Å². The summed E-state index contributed by atoms with van der Waals surface area (Å²) in [6.07, 6.45) is 1.12. The fourth-order valence-corrected chi connectivity index (χ4v) is 1.75. The van der Waals surface area contributed by atoms with E-state index in [9.17, 15) is 8.78 Å². The molecule has 0 saturated heterocycles. The van der Waals surface area contributed by atoms with Crippen molar-refractivity contribution < 1.29 is 18.3 Å². The maximum atomic E-state index is 13.6. The number of benzene rings is 1. The predicted octanol–water partition coefficient (Wildman–Crippen LogP) is 2.90.